The molecule has 0 aliphatic rings. The molecular formula is C38H36N2O6. The topological polar surface area (TPSA) is 125 Å². The lowest BCUT2D eigenvalue weighted by Gasteiger charge is -2.22. The predicted molar refractivity (Wildman–Crippen MR) is 177 cm³/mol. The Bertz CT molecular complexity index is 1840. The summed E-state index contributed by atoms with van der Waals surface area (Å²) in [6.45, 7) is 0.146. The van der Waals surface area contributed by atoms with E-state index in [2.05, 4.69) is 5.32 Å². The van der Waals surface area contributed by atoms with E-state index in [1.807, 2.05) is 103 Å². The number of nitrogens with two attached hydrogens (primary N) is 1. The molecule has 0 unspecified atom stereocenters. The van der Waals surface area contributed by atoms with Crippen LogP contribution in [-0.2, 0) is 36.9 Å². The number of esters is 2. The maximum Gasteiger partial charge on any atom is 0.328 e. The monoisotopic (exact) mass is 616 g/mol. The summed E-state index contributed by atoms with van der Waals surface area (Å²) in [4.78, 5) is 51.4. The number of rotatable bonds is 14. The fourth-order valence-corrected chi connectivity index (χ4v) is 5.34. The number of fused-ring (bicyclic) bond motifs is 2. The van der Waals surface area contributed by atoms with Gasteiger partial charge in [0.15, 0.2) is 0 Å². The fraction of sp³-hybridized carbons (Fsp3) is 0.211. The minimum absolute atomic E-state index is 0.0459. The lowest BCUT2D eigenvalue weighted by Crippen LogP contribution is -2.43. The maximum absolute atomic E-state index is 13.6. The van der Waals surface area contributed by atoms with Crippen molar-refractivity contribution in [3.05, 3.63) is 132 Å². The number of amides is 2. The number of hydrogen-bond acceptors (Lipinski definition) is 6. The molecule has 8 heteroatoms. The van der Waals surface area contributed by atoms with Crippen molar-refractivity contribution in [1.82, 2.24) is 5.32 Å². The van der Waals surface area contributed by atoms with Crippen molar-refractivity contribution in [2.24, 2.45) is 5.73 Å². The number of hydrogen-bond donors (Lipinski definition) is 2. The zero-order chi connectivity index (χ0) is 32.3. The van der Waals surface area contributed by atoms with Crippen molar-refractivity contribution < 1.29 is 28.7 Å². The number of carbonyl (C=O) groups excluding carboxylic acids is 4. The molecule has 5 rings (SSSR count). The Morgan fingerprint density at radius 1 is 0.696 bits per heavy atom. The molecule has 2 amide bonds. The van der Waals surface area contributed by atoms with Crippen LogP contribution in [0.2, 0.25) is 0 Å². The second kappa shape index (κ2) is 15.5. The highest BCUT2D eigenvalue weighted by molar-refractivity contribution is 6.00. The Labute approximate surface area is 267 Å². The second-order valence-electron chi connectivity index (χ2n) is 11.2. The Hall–Kier alpha value is -5.50. The number of carbonyl (C=O) groups is 4. The van der Waals surface area contributed by atoms with Crippen molar-refractivity contribution in [2.45, 2.75) is 50.9 Å². The van der Waals surface area contributed by atoms with Gasteiger partial charge in [-0.25, -0.2) is 4.79 Å². The number of nitrogens with one attached hydrogen (secondary N) is 1. The minimum Gasteiger partial charge on any atom is -0.461 e. The average Bonchev–Trinajstić information content (AvgIpc) is 3.06. The summed E-state index contributed by atoms with van der Waals surface area (Å²) in [6.07, 6.45) is -0.340. The number of ether oxygens (including phenoxy) is 2. The summed E-state index contributed by atoms with van der Waals surface area (Å²) in [5.74, 6) is -2.20. The van der Waals surface area contributed by atoms with Gasteiger partial charge in [-0.2, -0.15) is 0 Å². The van der Waals surface area contributed by atoms with E-state index in [9.17, 15) is 19.2 Å². The molecule has 0 saturated heterocycles. The van der Waals surface area contributed by atoms with Crippen LogP contribution in [0, 0.1) is 0 Å². The first-order valence-corrected chi connectivity index (χ1v) is 15.3. The highest BCUT2D eigenvalue weighted by Crippen LogP contribution is 2.20. The SMILES string of the molecule is NC(=O)C[C@H](Cc1ccc2ccccc2c1)OC(=O)[C@H](CCCC(=O)OCc1ccccc1)NC(=O)c1ccc2ccccc2c1. The Morgan fingerprint density at radius 2 is 1.33 bits per heavy atom. The summed E-state index contributed by atoms with van der Waals surface area (Å²) < 4.78 is 11.2. The van der Waals surface area contributed by atoms with Gasteiger partial charge in [0.1, 0.15) is 18.8 Å². The molecule has 0 bridgehead atoms. The van der Waals surface area contributed by atoms with Crippen molar-refractivity contribution >= 4 is 45.3 Å². The van der Waals surface area contributed by atoms with E-state index in [0.29, 0.717) is 5.56 Å². The molecule has 0 radical (unpaired) electrons. The highest BCUT2D eigenvalue weighted by Gasteiger charge is 2.27. The number of primary amides is 1. The van der Waals surface area contributed by atoms with E-state index in [0.717, 1.165) is 32.7 Å². The van der Waals surface area contributed by atoms with E-state index in [1.54, 1.807) is 12.1 Å². The molecule has 0 spiro atoms. The quantitative estimate of drug-likeness (QED) is 0.147. The molecule has 3 N–H and O–H groups in total. The van der Waals surface area contributed by atoms with Gasteiger partial charge in [0.05, 0.1) is 6.42 Å². The van der Waals surface area contributed by atoms with Gasteiger partial charge in [-0.05, 0) is 57.6 Å². The maximum atomic E-state index is 13.6. The van der Waals surface area contributed by atoms with Crippen LogP contribution in [-0.4, -0.2) is 35.9 Å². The van der Waals surface area contributed by atoms with Crippen LogP contribution in [0.1, 0.15) is 47.2 Å². The summed E-state index contributed by atoms with van der Waals surface area (Å²) in [6, 6.07) is 34.9. The summed E-state index contributed by atoms with van der Waals surface area (Å²) >= 11 is 0. The highest BCUT2D eigenvalue weighted by atomic mass is 16.5. The lowest BCUT2D eigenvalue weighted by molar-refractivity contribution is -0.153. The van der Waals surface area contributed by atoms with E-state index in [4.69, 9.17) is 15.2 Å². The van der Waals surface area contributed by atoms with Crippen LogP contribution in [0.3, 0.4) is 0 Å². The van der Waals surface area contributed by atoms with E-state index >= 15 is 0 Å². The van der Waals surface area contributed by atoms with Gasteiger partial charge < -0.3 is 20.5 Å². The Morgan fingerprint density at radius 3 is 2.02 bits per heavy atom. The molecule has 234 valence electrons. The van der Waals surface area contributed by atoms with E-state index < -0.39 is 35.9 Å². The molecule has 0 heterocycles. The molecule has 0 aromatic heterocycles. The van der Waals surface area contributed by atoms with Crippen LogP contribution >= 0.6 is 0 Å². The first kappa shape index (κ1) is 31.9. The van der Waals surface area contributed by atoms with Crippen molar-refractivity contribution in [3.63, 3.8) is 0 Å². The zero-order valence-electron chi connectivity index (χ0n) is 25.4. The molecule has 0 aliphatic heterocycles. The summed E-state index contributed by atoms with van der Waals surface area (Å²) in [7, 11) is 0. The third kappa shape index (κ3) is 9.01. The van der Waals surface area contributed by atoms with Gasteiger partial charge in [0.25, 0.3) is 5.91 Å². The molecule has 46 heavy (non-hydrogen) atoms. The summed E-state index contributed by atoms with van der Waals surface area (Å²) in [5, 5.41) is 6.74. The van der Waals surface area contributed by atoms with Gasteiger partial charge in [-0.1, -0.05) is 103 Å². The zero-order valence-corrected chi connectivity index (χ0v) is 25.4. The normalized spacial score (nSPS) is 12.3. The molecule has 0 aliphatic carbocycles. The second-order valence-corrected chi connectivity index (χ2v) is 11.2. The Balaban J connectivity index is 1.28. The van der Waals surface area contributed by atoms with Gasteiger partial charge in [0, 0.05) is 18.4 Å². The lowest BCUT2D eigenvalue weighted by atomic mass is 10.0. The van der Waals surface area contributed by atoms with Crippen molar-refractivity contribution in [2.75, 3.05) is 0 Å². The predicted octanol–water partition coefficient (Wildman–Crippen LogP) is 6.04. The molecule has 0 saturated carbocycles. The smallest absolute Gasteiger partial charge is 0.328 e. The van der Waals surface area contributed by atoms with Crippen LogP contribution < -0.4 is 11.1 Å². The third-order valence-corrected chi connectivity index (χ3v) is 7.71. The van der Waals surface area contributed by atoms with Crippen LogP contribution in [0.5, 0.6) is 0 Å². The first-order valence-electron chi connectivity index (χ1n) is 15.3. The molecule has 5 aromatic rings. The largest absolute Gasteiger partial charge is 0.461 e. The minimum atomic E-state index is -1.08. The molecule has 5 aromatic carbocycles. The van der Waals surface area contributed by atoms with E-state index in [1.165, 1.54) is 0 Å². The molecule has 8 nitrogen and oxygen atoms in total. The van der Waals surface area contributed by atoms with Crippen LogP contribution in [0.25, 0.3) is 21.5 Å². The fourth-order valence-electron chi connectivity index (χ4n) is 5.34. The van der Waals surface area contributed by atoms with Gasteiger partial charge in [0.2, 0.25) is 5.91 Å². The standard InChI is InChI=1S/C38H36N2O6/c39-35(41)24-33(22-27-17-18-28-11-4-6-13-30(28)21-27)46-38(44)34(15-8-16-36(42)45-25-26-9-2-1-3-10-26)40-37(43)32-20-19-29-12-5-7-14-31(29)23-32/h1-7,9-14,17-21,23,33-34H,8,15-16,22,24-25H2,(H2,39,41)(H,40,43)/t33-,34-/m0/s1. The Kier molecular flexibility index (Phi) is 10.7. The average molecular weight is 617 g/mol. The van der Waals surface area contributed by atoms with Crippen molar-refractivity contribution in [1.29, 1.82) is 0 Å². The van der Waals surface area contributed by atoms with Gasteiger partial charge in [-0.15, -0.1) is 0 Å². The molecular weight excluding hydrogens is 580 g/mol. The molecule has 2 atom stereocenters. The summed E-state index contributed by atoms with van der Waals surface area (Å²) in [5.41, 5.74) is 7.64. The third-order valence-electron chi connectivity index (χ3n) is 7.71. The van der Waals surface area contributed by atoms with Crippen LogP contribution in [0.15, 0.2) is 115 Å². The molecule has 0 fully saturated rings. The van der Waals surface area contributed by atoms with Gasteiger partial charge >= 0.3 is 11.9 Å². The van der Waals surface area contributed by atoms with Crippen molar-refractivity contribution in [3.8, 4) is 0 Å². The number of benzene rings is 5. The van der Waals surface area contributed by atoms with Gasteiger partial charge in [-0.3, -0.25) is 14.4 Å². The van der Waals surface area contributed by atoms with Crippen LogP contribution in [0.4, 0.5) is 0 Å². The first-order chi connectivity index (χ1) is 22.3. The van der Waals surface area contributed by atoms with E-state index in [-0.39, 0.29) is 38.7 Å².